The van der Waals surface area contributed by atoms with Crippen molar-refractivity contribution in [1.29, 1.82) is 0 Å². The molecule has 10 nitrogen and oxygen atoms in total. The number of methoxy groups -OCH3 is 2. The van der Waals surface area contributed by atoms with Crippen LogP contribution in [0.25, 0.3) is 10.9 Å². The quantitative estimate of drug-likeness (QED) is 0.607. The van der Waals surface area contributed by atoms with Crippen molar-refractivity contribution in [2.75, 3.05) is 79.9 Å². The van der Waals surface area contributed by atoms with Gasteiger partial charge >= 0.3 is 0 Å². The molecule has 196 valence electrons. The minimum absolute atomic E-state index is 0.0415. The van der Waals surface area contributed by atoms with Crippen LogP contribution in [0.3, 0.4) is 0 Å². The van der Waals surface area contributed by atoms with E-state index in [-0.39, 0.29) is 30.4 Å². The summed E-state index contributed by atoms with van der Waals surface area (Å²) in [6.07, 6.45) is 1.48. The zero-order valence-corrected chi connectivity index (χ0v) is 21.1. The van der Waals surface area contributed by atoms with E-state index >= 15 is 0 Å². The summed E-state index contributed by atoms with van der Waals surface area (Å²) in [5, 5.41) is 11.4. The van der Waals surface area contributed by atoms with Gasteiger partial charge in [0.15, 0.2) is 0 Å². The summed E-state index contributed by atoms with van der Waals surface area (Å²) in [6.45, 7) is 4.83. The molecule has 1 aromatic carbocycles. The number of aromatic nitrogens is 1. The van der Waals surface area contributed by atoms with Crippen molar-refractivity contribution in [1.82, 2.24) is 19.7 Å². The van der Waals surface area contributed by atoms with Crippen LogP contribution in [0.4, 0.5) is 0 Å². The number of H-pyrrole nitrogens is 1. The average molecular weight is 501 g/mol. The zero-order valence-electron chi connectivity index (χ0n) is 21.1. The second-order valence-electron chi connectivity index (χ2n) is 10.0. The molecular weight excluding hydrogens is 464 g/mol. The van der Waals surface area contributed by atoms with Gasteiger partial charge in [0.1, 0.15) is 12.4 Å². The third-order valence-electron chi connectivity index (χ3n) is 8.04. The van der Waals surface area contributed by atoms with Gasteiger partial charge in [-0.05, 0) is 30.5 Å². The Morgan fingerprint density at radius 2 is 1.89 bits per heavy atom. The van der Waals surface area contributed by atoms with Crippen molar-refractivity contribution in [3.05, 3.63) is 29.5 Å². The Kier molecular flexibility index (Phi) is 7.21. The first-order valence-corrected chi connectivity index (χ1v) is 12.7. The molecule has 0 unspecified atom stereocenters. The summed E-state index contributed by atoms with van der Waals surface area (Å²) in [5.74, 6) is 0.738. The molecule has 0 radical (unpaired) electrons. The molecule has 1 atom stereocenters. The van der Waals surface area contributed by atoms with Crippen molar-refractivity contribution in [2.24, 2.45) is 0 Å². The minimum atomic E-state index is -0.479. The summed E-state index contributed by atoms with van der Waals surface area (Å²) >= 11 is 0. The number of nitrogens with zero attached hydrogens (tertiary/aromatic N) is 3. The molecule has 36 heavy (non-hydrogen) atoms. The second kappa shape index (κ2) is 10.4. The predicted molar refractivity (Wildman–Crippen MR) is 133 cm³/mol. The third-order valence-corrected chi connectivity index (χ3v) is 8.04. The SMILES string of the molecule is COCC(=O)N1CC2(CCN(C(=O)CN3CCOCC3)CC2)c2c([nH]c3cc(OC)ccc23)[C@@H]1CO. The Labute approximate surface area is 211 Å². The number of likely N-dealkylation sites (tertiary alicyclic amines) is 1. The molecule has 4 heterocycles. The molecule has 1 aromatic heterocycles. The molecule has 2 amide bonds. The van der Waals surface area contributed by atoms with Crippen LogP contribution in [0.15, 0.2) is 18.2 Å². The van der Waals surface area contributed by atoms with Crippen molar-refractivity contribution < 1.29 is 28.9 Å². The fourth-order valence-electron chi connectivity index (χ4n) is 6.12. The Bertz CT molecular complexity index is 1100. The summed E-state index contributed by atoms with van der Waals surface area (Å²) < 4.78 is 16.0. The number of rotatable bonds is 6. The summed E-state index contributed by atoms with van der Waals surface area (Å²) in [6, 6.07) is 5.48. The van der Waals surface area contributed by atoms with Crippen molar-refractivity contribution in [3.63, 3.8) is 0 Å². The number of aliphatic hydroxyl groups is 1. The predicted octanol–water partition coefficient (Wildman–Crippen LogP) is 0.891. The molecule has 3 aliphatic rings. The van der Waals surface area contributed by atoms with Crippen LogP contribution in [-0.4, -0.2) is 117 Å². The van der Waals surface area contributed by atoms with Gasteiger partial charge in [-0.1, -0.05) is 0 Å². The number of aromatic amines is 1. The first kappa shape index (κ1) is 25.0. The van der Waals surface area contributed by atoms with Crippen molar-refractivity contribution in [2.45, 2.75) is 24.3 Å². The Balaban J connectivity index is 1.46. The van der Waals surface area contributed by atoms with Gasteiger partial charge in [0, 0.05) is 67.9 Å². The number of ether oxygens (including phenoxy) is 3. The second-order valence-corrected chi connectivity index (χ2v) is 10.0. The highest BCUT2D eigenvalue weighted by Crippen LogP contribution is 2.49. The van der Waals surface area contributed by atoms with Gasteiger partial charge in [-0.3, -0.25) is 14.5 Å². The summed E-state index contributed by atoms with van der Waals surface area (Å²) in [5.41, 5.74) is 2.61. The van der Waals surface area contributed by atoms with Gasteiger partial charge in [-0.15, -0.1) is 0 Å². The van der Waals surface area contributed by atoms with E-state index in [1.165, 1.54) is 7.11 Å². The van der Waals surface area contributed by atoms with Crippen LogP contribution in [0, 0.1) is 0 Å². The molecule has 3 aliphatic heterocycles. The lowest BCUT2D eigenvalue weighted by Gasteiger charge is -2.50. The molecule has 5 rings (SSSR count). The highest BCUT2D eigenvalue weighted by atomic mass is 16.5. The fourth-order valence-corrected chi connectivity index (χ4v) is 6.12. The number of nitrogens with one attached hydrogen (secondary N) is 1. The molecule has 2 fully saturated rings. The smallest absolute Gasteiger partial charge is 0.249 e. The molecule has 2 saturated heterocycles. The van der Waals surface area contributed by atoms with E-state index in [9.17, 15) is 14.7 Å². The van der Waals surface area contributed by atoms with Crippen LogP contribution in [0.1, 0.15) is 30.1 Å². The summed E-state index contributed by atoms with van der Waals surface area (Å²) in [4.78, 5) is 35.5. The van der Waals surface area contributed by atoms with Crippen LogP contribution in [0.2, 0.25) is 0 Å². The number of hydrogen-bond acceptors (Lipinski definition) is 7. The Hall–Kier alpha value is -2.66. The number of carbonyl (C=O) groups excluding carboxylic acids is 2. The zero-order chi connectivity index (χ0) is 25.3. The number of benzene rings is 1. The van der Waals surface area contributed by atoms with Gasteiger partial charge in [0.25, 0.3) is 0 Å². The van der Waals surface area contributed by atoms with E-state index in [1.807, 2.05) is 17.0 Å². The van der Waals surface area contributed by atoms with E-state index < -0.39 is 6.04 Å². The molecule has 2 aromatic rings. The standard InChI is InChI=1S/C26H36N4O6/c1-34-16-23(33)30-17-26(5-7-29(8-6-26)22(32)14-28-9-11-36-12-10-28)24-19-4-3-18(35-2)13-20(19)27-25(24)21(30)15-31/h3-4,13,21,27,31H,5-12,14-17H2,1-2H3/t21-/m0/s1. The Morgan fingerprint density at radius 1 is 1.14 bits per heavy atom. The number of morpholine rings is 1. The van der Waals surface area contributed by atoms with Crippen LogP contribution < -0.4 is 4.74 Å². The molecule has 10 heteroatoms. The molecule has 0 saturated carbocycles. The largest absolute Gasteiger partial charge is 0.497 e. The topological polar surface area (TPSA) is 108 Å². The highest BCUT2D eigenvalue weighted by Gasteiger charge is 2.49. The van der Waals surface area contributed by atoms with Crippen LogP contribution >= 0.6 is 0 Å². The van der Waals surface area contributed by atoms with Gasteiger partial charge in [-0.2, -0.15) is 0 Å². The Morgan fingerprint density at radius 3 is 2.56 bits per heavy atom. The number of amides is 2. The normalized spacial score (nSPS) is 22.1. The van der Waals surface area contributed by atoms with Crippen LogP contribution in [0.5, 0.6) is 5.75 Å². The number of piperidine rings is 1. The van der Waals surface area contributed by atoms with E-state index in [0.29, 0.717) is 39.4 Å². The molecule has 0 aliphatic carbocycles. The number of aliphatic hydroxyl groups excluding tert-OH is 1. The first-order chi connectivity index (χ1) is 17.5. The van der Waals surface area contributed by atoms with Gasteiger partial charge in [-0.25, -0.2) is 0 Å². The van der Waals surface area contributed by atoms with Gasteiger partial charge < -0.3 is 34.1 Å². The van der Waals surface area contributed by atoms with Crippen molar-refractivity contribution in [3.8, 4) is 5.75 Å². The maximum Gasteiger partial charge on any atom is 0.249 e. The van der Waals surface area contributed by atoms with Gasteiger partial charge in [0.2, 0.25) is 11.8 Å². The molecule has 0 bridgehead atoms. The number of fused-ring (bicyclic) bond motifs is 4. The molecular formula is C26H36N4O6. The molecule has 1 spiro atoms. The van der Waals surface area contributed by atoms with Gasteiger partial charge in [0.05, 0.1) is 39.5 Å². The lowest BCUT2D eigenvalue weighted by atomic mass is 9.68. The molecule has 2 N–H and O–H groups in total. The average Bonchev–Trinajstić information content (AvgIpc) is 3.29. The maximum atomic E-state index is 13.1. The van der Waals surface area contributed by atoms with E-state index in [1.54, 1.807) is 12.0 Å². The fraction of sp³-hybridized carbons (Fsp3) is 0.615. The van der Waals surface area contributed by atoms with E-state index in [4.69, 9.17) is 14.2 Å². The van der Waals surface area contributed by atoms with E-state index in [0.717, 1.165) is 53.8 Å². The number of hydrogen-bond donors (Lipinski definition) is 2. The van der Waals surface area contributed by atoms with Crippen molar-refractivity contribution >= 4 is 22.7 Å². The monoisotopic (exact) mass is 500 g/mol. The maximum absolute atomic E-state index is 13.1. The lowest BCUT2D eigenvalue weighted by molar-refractivity contribution is -0.143. The highest BCUT2D eigenvalue weighted by molar-refractivity contribution is 5.89. The van der Waals surface area contributed by atoms with Crippen LogP contribution in [-0.2, 0) is 24.5 Å². The lowest BCUT2D eigenvalue weighted by Crippen LogP contribution is -2.57. The first-order valence-electron chi connectivity index (χ1n) is 12.7. The minimum Gasteiger partial charge on any atom is -0.497 e. The number of carbonyl (C=O) groups is 2. The third kappa shape index (κ3) is 4.47. The van der Waals surface area contributed by atoms with E-state index in [2.05, 4.69) is 16.0 Å². The summed E-state index contributed by atoms with van der Waals surface area (Å²) in [7, 11) is 3.14.